The van der Waals surface area contributed by atoms with Crippen molar-refractivity contribution in [3.05, 3.63) is 95.7 Å². The Bertz CT molecular complexity index is 1160. The lowest BCUT2D eigenvalue weighted by atomic mass is 10.0. The van der Waals surface area contributed by atoms with E-state index in [1.54, 1.807) is 28.4 Å². The first kappa shape index (κ1) is 22.1. The Hall–Kier alpha value is -4.06. The summed E-state index contributed by atoms with van der Waals surface area (Å²) < 4.78 is 21.7. The summed E-state index contributed by atoms with van der Waals surface area (Å²) in [6.07, 6.45) is 6.28. The molecule has 0 radical (unpaired) electrons. The van der Waals surface area contributed by atoms with Crippen molar-refractivity contribution in [1.82, 2.24) is 5.43 Å². The van der Waals surface area contributed by atoms with Crippen molar-refractivity contribution in [3.63, 3.8) is 0 Å². The Kier molecular flexibility index (Phi) is 6.74. The normalized spacial score (nSPS) is 15.2. The molecule has 0 spiro atoms. The van der Waals surface area contributed by atoms with Gasteiger partial charge in [0, 0.05) is 0 Å². The van der Waals surface area contributed by atoms with Gasteiger partial charge in [0.1, 0.15) is 0 Å². The molecule has 3 aromatic rings. The van der Waals surface area contributed by atoms with E-state index in [1.807, 2.05) is 54.6 Å². The van der Waals surface area contributed by atoms with Crippen LogP contribution in [0, 0.1) is 0 Å². The average Bonchev–Trinajstić information content (AvgIpc) is 3.31. The number of anilines is 1. The van der Waals surface area contributed by atoms with Gasteiger partial charge in [0.2, 0.25) is 0 Å². The van der Waals surface area contributed by atoms with Crippen molar-refractivity contribution in [2.75, 3.05) is 33.4 Å². The first-order chi connectivity index (χ1) is 16.2. The number of methoxy groups -OCH3 is 4. The number of benzene rings is 3. The van der Waals surface area contributed by atoms with Crippen LogP contribution in [0.4, 0.5) is 5.69 Å². The van der Waals surface area contributed by atoms with Crippen LogP contribution < -0.4 is 29.4 Å². The number of ether oxygens (including phenoxy) is 4. The van der Waals surface area contributed by atoms with Gasteiger partial charge >= 0.3 is 0 Å². The van der Waals surface area contributed by atoms with Crippen molar-refractivity contribution in [2.24, 2.45) is 0 Å². The van der Waals surface area contributed by atoms with Crippen LogP contribution in [-0.4, -0.2) is 28.4 Å². The van der Waals surface area contributed by atoms with E-state index in [4.69, 9.17) is 18.9 Å². The molecule has 1 atom stereocenters. The number of rotatable bonds is 8. The van der Waals surface area contributed by atoms with Gasteiger partial charge in [-0.15, -0.1) is 0 Å². The van der Waals surface area contributed by atoms with Gasteiger partial charge in [-0.05, 0) is 59.7 Å². The number of hydrazine groups is 1. The summed E-state index contributed by atoms with van der Waals surface area (Å²) in [7, 11) is 6.56. The van der Waals surface area contributed by atoms with Gasteiger partial charge in [0.25, 0.3) is 0 Å². The smallest absolute Gasteiger partial charge is 0.161 e. The third kappa shape index (κ3) is 4.75. The minimum atomic E-state index is -0.0303. The quantitative estimate of drug-likeness (QED) is 0.503. The second-order valence-electron chi connectivity index (χ2n) is 7.45. The minimum absolute atomic E-state index is 0.0303. The first-order valence-corrected chi connectivity index (χ1v) is 10.6. The molecule has 170 valence electrons. The van der Waals surface area contributed by atoms with E-state index in [0.717, 1.165) is 22.5 Å². The van der Waals surface area contributed by atoms with Crippen molar-refractivity contribution in [3.8, 4) is 23.0 Å². The summed E-state index contributed by atoms with van der Waals surface area (Å²) >= 11 is 0. The minimum Gasteiger partial charge on any atom is -0.493 e. The van der Waals surface area contributed by atoms with E-state index >= 15 is 0 Å². The fraction of sp³-hybridized carbons (Fsp3) is 0.185. The Morgan fingerprint density at radius 1 is 0.697 bits per heavy atom. The fourth-order valence-electron chi connectivity index (χ4n) is 3.82. The van der Waals surface area contributed by atoms with E-state index in [9.17, 15) is 0 Å². The number of nitrogens with one attached hydrogen (secondary N) is 1. The highest BCUT2D eigenvalue weighted by atomic mass is 16.5. The molecule has 0 bridgehead atoms. The average molecular weight is 445 g/mol. The molecule has 33 heavy (non-hydrogen) atoms. The zero-order valence-electron chi connectivity index (χ0n) is 19.2. The highest BCUT2D eigenvalue weighted by molar-refractivity contribution is 5.61. The number of nitrogens with zero attached hydrogens (tertiary/aromatic N) is 1. The molecule has 6 heteroatoms. The molecular formula is C27H28N2O4. The van der Waals surface area contributed by atoms with Crippen LogP contribution in [0.2, 0.25) is 0 Å². The predicted molar refractivity (Wildman–Crippen MR) is 131 cm³/mol. The molecule has 1 aliphatic rings. The van der Waals surface area contributed by atoms with E-state index in [1.165, 1.54) is 0 Å². The van der Waals surface area contributed by atoms with Crippen LogP contribution in [0.25, 0.3) is 6.08 Å². The molecule has 0 fully saturated rings. The Labute approximate surface area is 194 Å². The summed E-state index contributed by atoms with van der Waals surface area (Å²) in [6.45, 7) is 0. The molecule has 0 saturated heterocycles. The fourth-order valence-corrected chi connectivity index (χ4v) is 3.82. The molecule has 0 aromatic heterocycles. The SMILES string of the molecule is COc1ccc(C=CC2=CC(c3ccc(OC)c(OC)c3)N(c3ccccc3)N2)cc1OC. The Morgan fingerprint density at radius 2 is 1.33 bits per heavy atom. The van der Waals surface area contributed by atoms with Gasteiger partial charge < -0.3 is 18.9 Å². The second-order valence-corrected chi connectivity index (χ2v) is 7.45. The van der Waals surface area contributed by atoms with Crippen LogP contribution in [0.3, 0.4) is 0 Å². The molecule has 1 heterocycles. The number of hydrogen-bond donors (Lipinski definition) is 1. The molecule has 6 nitrogen and oxygen atoms in total. The third-order valence-corrected chi connectivity index (χ3v) is 5.51. The lowest BCUT2D eigenvalue weighted by Crippen LogP contribution is -2.34. The van der Waals surface area contributed by atoms with E-state index in [2.05, 4.69) is 40.8 Å². The molecule has 1 unspecified atom stereocenters. The van der Waals surface area contributed by atoms with Gasteiger partial charge in [-0.3, -0.25) is 10.4 Å². The lowest BCUT2D eigenvalue weighted by Gasteiger charge is -2.27. The molecule has 3 aromatic carbocycles. The van der Waals surface area contributed by atoms with Gasteiger partial charge in [0.15, 0.2) is 23.0 Å². The van der Waals surface area contributed by atoms with Crippen molar-refractivity contribution >= 4 is 11.8 Å². The van der Waals surface area contributed by atoms with Crippen molar-refractivity contribution < 1.29 is 18.9 Å². The van der Waals surface area contributed by atoms with Gasteiger partial charge in [-0.1, -0.05) is 36.4 Å². The largest absolute Gasteiger partial charge is 0.493 e. The standard InChI is InChI=1S/C27H28N2O4/c1-30-24-14-11-19(16-26(24)32-3)10-13-21-18-23(29(28-21)22-8-6-5-7-9-22)20-12-15-25(31-2)27(17-20)33-4/h5-18,23,28H,1-4H3. The van der Waals surface area contributed by atoms with Gasteiger partial charge in [-0.2, -0.15) is 0 Å². The Balaban J connectivity index is 1.66. The predicted octanol–water partition coefficient (Wildman–Crippen LogP) is 5.38. The lowest BCUT2D eigenvalue weighted by molar-refractivity contribution is 0.354. The van der Waals surface area contributed by atoms with Crippen LogP contribution in [0.15, 0.2) is 84.6 Å². The van der Waals surface area contributed by atoms with E-state index < -0.39 is 0 Å². The summed E-state index contributed by atoms with van der Waals surface area (Å²) in [4.78, 5) is 0. The van der Waals surface area contributed by atoms with Crippen LogP contribution in [0.5, 0.6) is 23.0 Å². The Morgan fingerprint density at radius 3 is 2.00 bits per heavy atom. The zero-order chi connectivity index (χ0) is 23.2. The summed E-state index contributed by atoms with van der Waals surface area (Å²) in [5, 5.41) is 2.13. The summed E-state index contributed by atoms with van der Waals surface area (Å²) in [6, 6.07) is 22.0. The molecule has 1 N–H and O–H groups in total. The number of allylic oxidation sites excluding steroid dienone is 1. The molecule has 0 amide bonds. The number of hydrogen-bond acceptors (Lipinski definition) is 6. The van der Waals surface area contributed by atoms with E-state index in [0.29, 0.717) is 23.0 Å². The van der Waals surface area contributed by atoms with Crippen LogP contribution >= 0.6 is 0 Å². The van der Waals surface area contributed by atoms with Crippen molar-refractivity contribution in [2.45, 2.75) is 6.04 Å². The third-order valence-electron chi connectivity index (χ3n) is 5.51. The van der Waals surface area contributed by atoms with Crippen LogP contribution in [-0.2, 0) is 0 Å². The zero-order valence-corrected chi connectivity index (χ0v) is 19.2. The highest BCUT2D eigenvalue weighted by Crippen LogP contribution is 2.37. The molecule has 0 saturated carbocycles. The van der Waals surface area contributed by atoms with Gasteiger partial charge in [-0.25, -0.2) is 0 Å². The number of para-hydroxylation sites is 1. The summed E-state index contributed by atoms with van der Waals surface area (Å²) in [5.74, 6) is 2.81. The molecule has 0 aliphatic carbocycles. The van der Waals surface area contributed by atoms with Crippen molar-refractivity contribution in [1.29, 1.82) is 0 Å². The monoisotopic (exact) mass is 444 g/mol. The first-order valence-electron chi connectivity index (χ1n) is 10.6. The topological polar surface area (TPSA) is 52.2 Å². The van der Waals surface area contributed by atoms with E-state index in [-0.39, 0.29) is 6.04 Å². The maximum absolute atomic E-state index is 5.53. The molecular weight excluding hydrogens is 416 g/mol. The highest BCUT2D eigenvalue weighted by Gasteiger charge is 2.26. The maximum atomic E-state index is 5.53. The summed E-state index contributed by atoms with van der Waals surface area (Å²) in [5.41, 5.74) is 7.65. The second kappa shape index (κ2) is 10.0. The molecule has 4 rings (SSSR count). The maximum Gasteiger partial charge on any atom is 0.161 e. The van der Waals surface area contributed by atoms with Gasteiger partial charge in [0.05, 0.1) is 45.9 Å². The molecule has 1 aliphatic heterocycles. The van der Waals surface area contributed by atoms with Crippen LogP contribution in [0.1, 0.15) is 17.2 Å².